The third-order valence-corrected chi connectivity index (χ3v) is 9.81. The molecule has 0 spiro atoms. The zero-order valence-corrected chi connectivity index (χ0v) is 14.3. The lowest BCUT2D eigenvalue weighted by Gasteiger charge is -2.41. The van der Waals surface area contributed by atoms with Crippen LogP contribution in [0.3, 0.4) is 0 Å². The van der Waals surface area contributed by atoms with Crippen molar-refractivity contribution in [3.8, 4) is 0 Å². The molecule has 0 aromatic carbocycles. The number of carbonyl (C=O) groups excluding carboxylic acids is 1. The quantitative estimate of drug-likeness (QED) is 0.494. The van der Waals surface area contributed by atoms with Crippen LogP contribution in [0.15, 0.2) is 11.6 Å². The summed E-state index contributed by atoms with van der Waals surface area (Å²) in [6.45, 7) is 13.1. The Kier molecular flexibility index (Phi) is 3.68. The fourth-order valence-electron chi connectivity index (χ4n) is 2.73. The summed E-state index contributed by atoms with van der Waals surface area (Å²) in [5.41, 5.74) is 0.204. The molecule has 0 bridgehead atoms. The van der Waals surface area contributed by atoms with Crippen molar-refractivity contribution in [2.75, 3.05) is 13.2 Å². The molecule has 4 nitrogen and oxygen atoms in total. The van der Waals surface area contributed by atoms with Crippen LogP contribution in [0.4, 0.5) is 0 Å². The van der Waals surface area contributed by atoms with Crippen molar-refractivity contribution in [2.45, 2.75) is 51.9 Å². The van der Waals surface area contributed by atoms with Gasteiger partial charge in [0.1, 0.15) is 5.41 Å². The summed E-state index contributed by atoms with van der Waals surface area (Å²) in [5.74, 6) is -0.249. The van der Waals surface area contributed by atoms with Crippen LogP contribution in [0.2, 0.25) is 18.1 Å². The largest absolute Gasteiger partial charge is 0.464 e. The molecule has 1 heterocycles. The van der Waals surface area contributed by atoms with Crippen LogP contribution in [0, 0.1) is 11.3 Å². The van der Waals surface area contributed by atoms with Gasteiger partial charge in [0.15, 0.2) is 8.32 Å². The molecule has 1 aliphatic heterocycles. The standard InChI is InChI=1S/C15H26O4Si/c1-14(2,3)20(5,6)19-12-7-10(8-16)11-9-18-13(17)15(11,12)4/h7,11-12,16H,8-9H2,1-6H3/t11?,12-,15+/m1/s1. The normalized spacial score (nSPS) is 34.0. The van der Waals surface area contributed by atoms with E-state index in [1.165, 1.54) is 0 Å². The van der Waals surface area contributed by atoms with Crippen LogP contribution in [-0.4, -0.2) is 38.7 Å². The van der Waals surface area contributed by atoms with E-state index in [1.54, 1.807) is 0 Å². The molecule has 114 valence electrons. The number of fused-ring (bicyclic) bond motifs is 1. The summed E-state index contributed by atoms with van der Waals surface area (Å²) in [5, 5.41) is 9.59. The number of aliphatic hydroxyl groups is 1. The van der Waals surface area contributed by atoms with Gasteiger partial charge in [0.2, 0.25) is 0 Å². The number of hydrogen-bond donors (Lipinski definition) is 1. The minimum absolute atomic E-state index is 0.0335. The Morgan fingerprint density at radius 1 is 1.50 bits per heavy atom. The minimum Gasteiger partial charge on any atom is -0.464 e. The van der Waals surface area contributed by atoms with Gasteiger partial charge in [-0.3, -0.25) is 4.79 Å². The van der Waals surface area contributed by atoms with Crippen LogP contribution >= 0.6 is 0 Å². The summed E-state index contributed by atoms with van der Waals surface area (Å²) < 4.78 is 11.7. The second kappa shape index (κ2) is 4.68. The predicted molar refractivity (Wildman–Crippen MR) is 79.8 cm³/mol. The highest BCUT2D eigenvalue weighted by Gasteiger charge is 2.60. The lowest BCUT2D eigenvalue weighted by molar-refractivity contribution is -0.148. The van der Waals surface area contributed by atoms with Gasteiger partial charge in [0.25, 0.3) is 0 Å². The highest BCUT2D eigenvalue weighted by atomic mass is 28.4. The molecule has 5 heteroatoms. The monoisotopic (exact) mass is 298 g/mol. The molecule has 0 aromatic heterocycles. The average Bonchev–Trinajstić information content (AvgIpc) is 2.74. The number of carbonyl (C=O) groups is 1. The molecule has 0 amide bonds. The third-order valence-electron chi connectivity index (χ3n) is 5.36. The second-order valence-electron chi connectivity index (χ2n) is 7.63. The Morgan fingerprint density at radius 3 is 2.60 bits per heavy atom. The molecule has 1 aliphatic carbocycles. The number of aliphatic hydroxyl groups excluding tert-OH is 1. The maximum atomic E-state index is 12.2. The van der Waals surface area contributed by atoms with E-state index in [4.69, 9.17) is 9.16 Å². The van der Waals surface area contributed by atoms with Crippen LogP contribution < -0.4 is 0 Å². The Morgan fingerprint density at radius 2 is 2.10 bits per heavy atom. The van der Waals surface area contributed by atoms with E-state index in [0.717, 1.165) is 5.57 Å². The molecule has 20 heavy (non-hydrogen) atoms. The number of rotatable bonds is 3. The molecule has 1 fully saturated rings. The summed E-state index contributed by atoms with van der Waals surface area (Å²) in [6, 6.07) is 0. The Bertz CT molecular complexity index is 449. The third kappa shape index (κ3) is 2.16. The van der Waals surface area contributed by atoms with Crippen LogP contribution in [0.5, 0.6) is 0 Å². The van der Waals surface area contributed by atoms with E-state index in [9.17, 15) is 9.90 Å². The molecule has 2 aliphatic rings. The van der Waals surface area contributed by atoms with Gasteiger partial charge in [0.05, 0.1) is 19.3 Å². The van der Waals surface area contributed by atoms with Crippen molar-refractivity contribution < 1.29 is 19.1 Å². The van der Waals surface area contributed by atoms with Gasteiger partial charge in [-0.15, -0.1) is 0 Å². The molecule has 1 unspecified atom stereocenters. The smallest absolute Gasteiger partial charge is 0.315 e. The van der Waals surface area contributed by atoms with E-state index < -0.39 is 13.7 Å². The lowest BCUT2D eigenvalue weighted by atomic mass is 9.78. The van der Waals surface area contributed by atoms with Gasteiger partial charge in [-0.1, -0.05) is 26.8 Å². The van der Waals surface area contributed by atoms with Crippen molar-refractivity contribution in [1.29, 1.82) is 0 Å². The summed E-state index contributed by atoms with van der Waals surface area (Å²) >= 11 is 0. The average molecular weight is 298 g/mol. The van der Waals surface area contributed by atoms with Crippen molar-refractivity contribution >= 4 is 14.3 Å². The van der Waals surface area contributed by atoms with Gasteiger partial charge in [-0.05, 0) is 30.6 Å². The molecule has 0 aromatic rings. The van der Waals surface area contributed by atoms with Crippen LogP contribution in [0.1, 0.15) is 27.7 Å². The number of cyclic esters (lactones) is 1. The van der Waals surface area contributed by atoms with Gasteiger partial charge < -0.3 is 14.3 Å². The Balaban J connectivity index is 2.32. The predicted octanol–water partition coefficient (Wildman–Crippen LogP) is 2.49. The first-order valence-corrected chi connectivity index (χ1v) is 10.1. The lowest BCUT2D eigenvalue weighted by Crippen LogP contribution is -2.49. The minimum atomic E-state index is -1.98. The van der Waals surface area contributed by atoms with Crippen molar-refractivity contribution in [3.05, 3.63) is 11.6 Å². The number of ether oxygens (including phenoxy) is 1. The maximum absolute atomic E-state index is 12.2. The van der Waals surface area contributed by atoms with Gasteiger partial charge in [-0.25, -0.2) is 0 Å². The first kappa shape index (κ1) is 15.7. The molecular weight excluding hydrogens is 272 g/mol. The highest BCUT2D eigenvalue weighted by Crippen LogP contribution is 2.51. The van der Waals surface area contributed by atoms with E-state index in [1.807, 2.05) is 13.0 Å². The van der Waals surface area contributed by atoms with Gasteiger partial charge in [-0.2, -0.15) is 0 Å². The van der Waals surface area contributed by atoms with Crippen molar-refractivity contribution in [1.82, 2.24) is 0 Å². The van der Waals surface area contributed by atoms with Gasteiger partial charge >= 0.3 is 5.97 Å². The fraction of sp³-hybridized carbons (Fsp3) is 0.800. The SMILES string of the molecule is CC(C)(C)[Si](C)(C)O[C@@H]1C=C(CO)C2COC(=O)[C@@]21C. The fourth-order valence-corrected chi connectivity index (χ4v) is 4.03. The van der Waals surface area contributed by atoms with E-state index in [2.05, 4.69) is 33.9 Å². The molecule has 0 radical (unpaired) electrons. The topological polar surface area (TPSA) is 55.8 Å². The second-order valence-corrected chi connectivity index (χ2v) is 12.4. The van der Waals surface area contributed by atoms with E-state index >= 15 is 0 Å². The van der Waals surface area contributed by atoms with E-state index in [0.29, 0.717) is 6.61 Å². The highest BCUT2D eigenvalue weighted by molar-refractivity contribution is 6.74. The van der Waals surface area contributed by atoms with Crippen LogP contribution in [0.25, 0.3) is 0 Å². The molecule has 0 saturated carbocycles. The summed E-state index contributed by atoms with van der Waals surface area (Å²) in [7, 11) is -1.98. The number of esters is 1. The molecular formula is C15H26O4Si. The summed E-state index contributed by atoms with van der Waals surface area (Å²) in [6.07, 6.45) is 1.66. The van der Waals surface area contributed by atoms with Crippen molar-refractivity contribution in [3.63, 3.8) is 0 Å². The Hall–Kier alpha value is -0.653. The maximum Gasteiger partial charge on any atom is 0.315 e. The first-order chi connectivity index (χ1) is 9.04. The Labute approximate surface area is 122 Å². The molecule has 1 N–H and O–H groups in total. The zero-order chi connectivity index (χ0) is 15.3. The number of hydrogen-bond acceptors (Lipinski definition) is 4. The zero-order valence-electron chi connectivity index (χ0n) is 13.3. The summed E-state index contributed by atoms with van der Waals surface area (Å²) in [4.78, 5) is 12.2. The molecule has 2 rings (SSSR count). The van der Waals surface area contributed by atoms with E-state index in [-0.39, 0.29) is 29.6 Å². The van der Waals surface area contributed by atoms with Crippen LogP contribution in [-0.2, 0) is 14.0 Å². The molecule has 3 atom stereocenters. The molecule has 1 saturated heterocycles. The first-order valence-electron chi connectivity index (χ1n) is 7.20. The van der Waals surface area contributed by atoms with Gasteiger partial charge in [0, 0.05) is 5.92 Å². The van der Waals surface area contributed by atoms with Crippen molar-refractivity contribution in [2.24, 2.45) is 11.3 Å².